The van der Waals surface area contributed by atoms with E-state index in [4.69, 9.17) is 16.7 Å². The van der Waals surface area contributed by atoms with Crippen LogP contribution in [-0.4, -0.2) is 25.7 Å². The average Bonchev–Trinajstić information content (AvgIpc) is 2.46. The molecule has 72 valence electrons. The maximum atomic E-state index is 10.8. The van der Waals surface area contributed by atoms with E-state index in [0.29, 0.717) is 4.60 Å². The van der Waals surface area contributed by atoms with Gasteiger partial charge in [-0.25, -0.2) is 14.3 Å². The lowest BCUT2D eigenvalue weighted by molar-refractivity contribution is 0.0699. The number of carboxylic acid groups (broad SMARTS) is 1. The molecule has 0 aliphatic rings. The monoisotopic (exact) mass is 275 g/mol. The highest BCUT2D eigenvalue weighted by molar-refractivity contribution is 9.10. The van der Waals surface area contributed by atoms with Crippen molar-refractivity contribution in [1.82, 2.24) is 14.6 Å². The molecule has 0 unspecified atom stereocenters. The van der Waals surface area contributed by atoms with Crippen LogP contribution in [0.2, 0.25) is 5.15 Å². The van der Waals surface area contributed by atoms with Crippen molar-refractivity contribution in [3.05, 3.63) is 27.7 Å². The molecule has 0 aliphatic carbocycles. The van der Waals surface area contributed by atoms with Crippen LogP contribution in [0, 0.1) is 0 Å². The molecule has 0 radical (unpaired) electrons. The van der Waals surface area contributed by atoms with E-state index in [-0.39, 0.29) is 16.2 Å². The fraction of sp³-hybridized carbons (Fsp3) is 0. The minimum atomic E-state index is -1.06. The van der Waals surface area contributed by atoms with Crippen LogP contribution in [0.5, 0.6) is 0 Å². The predicted octanol–water partition coefficient (Wildman–Crippen LogP) is 1.84. The Hall–Kier alpha value is -1.14. The van der Waals surface area contributed by atoms with Crippen molar-refractivity contribution in [2.24, 2.45) is 0 Å². The number of carbonyl (C=O) groups is 1. The molecule has 14 heavy (non-hydrogen) atoms. The Labute approximate surface area is 91.4 Å². The number of hydrogen-bond acceptors (Lipinski definition) is 3. The van der Waals surface area contributed by atoms with Crippen LogP contribution in [0.1, 0.15) is 10.4 Å². The largest absolute Gasteiger partial charge is 0.478 e. The van der Waals surface area contributed by atoms with Gasteiger partial charge < -0.3 is 5.11 Å². The van der Waals surface area contributed by atoms with Gasteiger partial charge in [-0.05, 0) is 22.0 Å². The molecule has 0 aliphatic heterocycles. The van der Waals surface area contributed by atoms with Gasteiger partial charge in [-0.3, -0.25) is 0 Å². The smallest absolute Gasteiger partial charge is 0.338 e. The maximum absolute atomic E-state index is 10.8. The van der Waals surface area contributed by atoms with E-state index in [9.17, 15) is 4.79 Å². The van der Waals surface area contributed by atoms with Crippen molar-refractivity contribution in [2.75, 3.05) is 0 Å². The first kappa shape index (κ1) is 9.42. The zero-order chi connectivity index (χ0) is 10.3. The van der Waals surface area contributed by atoms with Crippen molar-refractivity contribution in [3.8, 4) is 0 Å². The number of aromatic carboxylic acids is 1. The summed E-state index contributed by atoms with van der Waals surface area (Å²) in [6.45, 7) is 0. The number of aromatic nitrogens is 3. The molecule has 2 heterocycles. The summed E-state index contributed by atoms with van der Waals surface area (Å²) >= 11 is 8.93. The molecule has 2 aromatic heterocycles. The van der Waals surface area contributed by atoms with Crippen LogP contribution in [0.4, 0.5) is 0 Å². The van der Waals surface area contributed by atoms with Gasteiger partial charge in [0, 0.05) is 0 Å². The van der Waals surface area contributed by atoms with Gasteiger partial charge in [-0.15, -0.1) is 0 Å². The van der Waals surface area contributed by atoms with Crippen molar-refractivity contribution in [3.63, 3.8) is 0 Å². The Morgan fingerprint density at radius 2 is 2.36 bits per heavy atom. The number of halogens is 2. The summed E-state index contributed by atoms with van der Waals surface area (Å²) in [6.07, 6.45) is 1.26. The quantitative estimate of drug-likeness (QED) is 0.863. The molecular weight excluding hydrogens is 273 g/mol. The molecule has 0 amide bonds. The van der Waals surface area contributed by atoms with Crippen molar-refractivity contribution in [1.29, 1.82) is 0 Å². The predicted molar refractivity (Wildman–Crippen MR) is 52.7 cm³/mol. The highest BCUT2D eigenvalue weighted by Gasteiger charge is 2.17. The minimum absolute atomic E-state index is 0.0717. The van der Waals surface area contributed by atoms with Crippen LogP contribution in [0.15, 0.2) is 17.0 Å². The van der Waals surface area contributed by atoms with Gasteiger partial charge in [0.15, 0.2) is 5.15 Å². The molecule has 0 saturated heterocycles. The third kappa shape index (κ3) is 1.27. The van der Waals surface area contributed by atoms with E-state index >= 15 is 0 Å². The second kappa shape index (κ2) is 3.21. The van der Waals surface area contributed by atoms with Gasteiger partial charge in [-0.1, -0.05) is 11.6 Å². The van der Waals surface area contributed by atoms with E-state index in [0.717, 1.165) is 0 Å². The summed E-state index contributed by atoms with van der Waals surface area (Å²) in [5.41, 5.74) is 0.357. The number of rotatable bonds is 1. The summed E-state index contributed by atoms with van der Waals surface area (Å²) in [5, 5.41) is 12.8. The summed E-state index contributed by atoms with van der Waals surface area (Å²) in [7, 11) is 0. The summed E-state index contributed by atoms with van der Waals surface area (Å²) < 4.78 is 1.90. The fourth-order valence-corrected chi connectivity index (χ4v) is 1.86. The van der Waals surface area contributed by atoms with E-state index in [1.807, 2.05) is 0 Å². The Kier molecular flexibility index (Phi) is 2.16. The maximum Gasteiger partial charge on any atom is 0.338 e. The molecular formula is C7H3BrClN3O2. The van der Waals surface area contributed by atoms with Crippen LogP contribution >= 0.6 is 27.5 Å². The Morgan fingerprint density at radius 1 is 1.64 bits per heavy atom. The van der Waals surface area contributed by atoms with Gasteiger partial charge in [0.2, 0.25) is 0 Å². The minimum Gasteiger partial charge on any atom is -0.478 e. The van der Waals surface area contributed by atoms with Crippen LogP contribution in [0.3, 0.4) is 0 Å². The van der Waals surface area contributed by atoms with Crippen molar-refractivity contribution in [2.45, 2.75) is 0 Å². The van der Waals surface area contributed by atoms with Crippen LogP contribution in [0.25, 0.3) is 5.52 Å². The lowest BCUT2D eigenvalue weighted by Crippen LogP contribution is -1.98. The highest BCUT2D eigenvalue weighted by atomic mass is 79.9. The molecule has 0 atom stereocenters. The van der Waals surface area contributed by atoms with Crippen LogP contribution < -0.4 is 0 Å². The number of carboxylic acids is 1. The summed E-state index contributed by atoms with van der Waals surface area (Å²) in [4.78, 5) is 14.5. The van der Waals surface area contributed by atoms with Gasteiger partial charge in [0.05, 0.1) is 5.56 Å². The van der Waals surface area contributed by atoms with Crippen molar-refractivity contribution >= 4 is 39.0 Å². The molecule has 0 aromatic carbocycles. The third-order valence-corrected chi connectivity index (χ3v) is 2.54. The molecule has 0 fully saturated rings. The zero-order valence-corrected chi connectivity index (χ0v) is 8.95. The highest BCUT2D eigenvalue weighted by Crippen LogP contribution is 2.24. The Morgan fingerprint density at radius 3 is 3.00 bits per heavy atom. The number of fused-ring (bicyclic) bond motifs is 1. The first-order valence-corrected chi connectivity index (χ1v) is 4.69. The van der Waals surface area contributed by atoms with Gasteiger partial charge >= 0.3 is 5.97 Å². The molecule has 5 nitrogen and oxygen atoms in total. The lowest BCUT2D eigenvalue weighted by atomic mass is 10.3. The van der Waals surface area contributed by atoms with Gasteiger partial charge in [0.1, 0.15) is 16.4 Å². The van der Waals surface area contributed by atoms with E-state index in [1.54, 1.807) is 0 Å². The SMILES string of the molecule is O=C(O)c1cc(Br)n2ncnc(Cl)c12. The zero-order valence-electron chi connectivity index (χ0n) is 6.61. The summed E-state index contributed by atoms with van der Waals surface area (Å²) in [5.74, 6) is -1.06. The van der Waals surface area contributed by atoms with E-state index < -0.39 is 5.97 Å². The Bertz CT molecular complexity index is 525. The summed E-state index contributed by atoms with van der Waals surface area (Å²) in [6, 6.07) is 1.43. The first-order valence-electron chi connectivity index (χ1n) is 3.52. The average molecular weight is 276 g/mol. The topological polar surface area (TPSA) is 67.5 Å². The molecule has 7 heteroatoms. The Balaban J connectivity index is 2.93. The van der Waals surface area contributed by atoms with Gasteiger partial charge in [-0.2, -0.15) is 5.10 Å². The fourth-order valence-electron chi connectivity index (χ4n) is 1.13. The number of nitrogens with zero attached hydrogens (tertiary/aromatic N) is 3. The standard InChI is InChI=1S/C7H3BrClN3O2/c8-4-1-3(7(13)14)5-6(9)10-2-11-12(4)5/h1-2H,(H,13,14). The second-order valence-corrected chi connectivity index (χ2v) is 3.67. The first-order chi connectivity index (χ1) is 6.61. The molecule has 0 bridgehead atoms. The molecule has 2 rings (SSSR count). The molecule has 1 N–H and O–H groups in total. The molecule has 0 spiro atoms. The second-order valence-electron chi connectivity index (χ2n) is 2.50. The number of hydrogen-bond donors (Lipinski definition) is 1. The van der Waals surface area contributed by atoms with Crippen molar-refractivity contribution < 1.29 is 9.90 Å². The van der Waals surface area contributed by atoms with E-state index in [2.05, 4.69) is 26.0 Å². The molecule has 2 aromatic rings. The molecule has 0 saturated carbocycles. The third-order valence-electron chi connectivity index (χ3n) is 1.70. The lowest BCUT2D eigenvalue weighted by Gasteiger charge is -1.96. The van der Waals surface area contributed by atoms with E-state index in [1.165, 1.54) is 16.9 Å². The van der Waals surface area contributed by atoms with Crippen LogP contribution in [-0.2, 0) is 0 Å². The normalized spacial score (nSPS) is 10.7. The van der Waals surface area contributed by atoms with Gasteiger partial charge in [0.25, 0.3) is 0 Å².